The number of H-pyrrole nitrogens is 2. The quantitative estimate of drug-likeness (QED) is 0.427. The molecule has 6 rings (SSSR count). The number of piperidine rings is 1. The third kappa shape index (κ3) is 3.30. The maximum atomic E-state index is 13.4. The van der Waals surface area contributed by atoms with Gasteiger partial charge in [0, 0.05) is 29.6 Å². The lowest BCUT2D eigenvalue weighted by atomic mass is 9.83. The number of nitrogens with zero attached hydrogens (tertiary/aromatic N) is 3. The van der Waals surface area contributed by atoms with Crippen molar-refractivity contribution in [2.24, 2.45) is 0 Å². The summed E-state index contributed by atoms with van der Waals surface area (Å²) in [5, 5.41) is 28.8. The highest BCUT2D eigenvalue weighted by molar-refractivity contribution is 6.00. The van der Waals surface area contributed by atoms with Crippen LogP contribution in [0.4, 0.5) is 0 Å². The number of aliphatic hydroxyl groups is 1. The van der Waals surface area contributed by atoms with Crippen LogP contribution in [0.25, 0.3) is 22.3 Å². The van der Waals surface area contributed by atoms with Crippen molar-refractivity contribution in [3.8, 4) is 17.5 Å². The molecule has 0 saturated carbocycles. The van der Waals surface area contributed by atoms with Crippen molar-refractivity contribution in [2.75, 3.05) is 13.1 Å². The first kappa shape index (κ1) is 20.7. The van der Waals surface area contributed by atoms with Gasteiger partial charge >= 0.3 is 0 Å². The normalized spacial score (nSPS) is 17.0. The fourth-order valence-electron chi connectivity index (χ4n) is 5.46. The minimum Gasteiger partial charge on any atom is -0.385 e. The van der Waals surface area contributed by atoms with Gasteiger partial charge < -0.3 is 15.0 Å². The van der Waals surface area contributed by atoms with Gasteiger partial charge in [-0.05, 0) is 79.1 Å². The third-order valence-electron chi connectivity index (χ3n) is 7.40. The van der Waals surface area contributed by atoms with Gasteiger partial charge in [-0.2, -0.15) is 10.4 Å². The van der Waals surface area contributed by atoms with Crippen molar-refractivity contribution in [3.63, 3.8) is 0 Å². The van der Waals surface area contributed by atoms with Crippen molar-refractivity contribution < 1.29 is 9.90 Å². The molecule has 1 aliphatic carbocycles. The summed E-state index contributed by atoms with van der Waals surface area (Å²) in [6.45, 7) is 0.930. The minimum atomic E-state index is -1.02. The second kappa shape index (κ2) is 7.86. The zero-order chi connectivity index (χ0) is 23.3. The molecule has 4 aromatic rings. The van der Waals surface area contributed by atoms with Crippen LogP contribution in [-0.2, 0) is 18.4 Å². The molecule has 2 aromatic carbocycles. The van der Waals surface area contributed by atoms with Gasteiger partial charge in [-0.1, -0.05) is 12.1 Å². The topological polar surface area (TPSA) is 109 Å². The summed E-state index contributed by atoms with van der Waals surface area (Å²) in [5.74, 6) is -0.0134. The number of rotatable bonds is 2. The molecule has 0 spiro atoms. The van der Waals surface area contributed by atoms with E-state index in [0.29, 0.717) is 37.1 Å². The maximum absolute atomic E-state index is 13.4. The minimum absolute atomic E-state index is 0.0134. The number of aromatic nitrogens is 3. The summed E-state index contributed by atoms with van der Waals surface area (Å²) in [5.41, 5.74) is 6.53. The molecule has 0 unspecified atom stereocenters. The van der Waals surface area contributed by atoms with Crippen molar-refractivity contribution in [3.05, 3.63) is 76.5 Å². The Labute approximate surface area is 197 Å². The van der Waals surface area contributed by atoms with Crippen LogP contribution in [0.5, 0.6) is 0 Å². The third-order valence-corrected chi connectivity index (χ3v) is 7.40. The Morgan fingerprint density at radius 2 is 1.97 bits per heavy atom. The highest BCUT2D eigenvalue weighted by atomic mass is 16.3. The summed E-state index contributed by atoms with van der Waals surface area (Å²) >= 11 is 0. The number of carbonyl (C=O) groups is 1. The first-order chi connectivity index (χ1) is 16.6. The fraction of sp³-hybridized carbons (Fsp3) is 0.296. The Kier molecular flexibility index (Phi) is 4.78. The first-order valence-electron chi connectivity index (χ1n) is 11.8. The van der Waals surface area contributed by atoms with E-state index in [1.165, 1.54) is 11.1 Å². The number of hydrogen-bond donors (Lipinski definition) is 3. The summed E-state index contributed by atoms with van der Waals surface area (Å²) in [6.07, 6.45) is 5.77. The molecule has 3 heterocycles. The van der Waals surface area contributed by atoms with Crippen LogP contribution >= 0.6 is 0 Å². The molecule has 7 heteroatoms. The molecule has 34 heavy (non-hydrogen) atoms. The predicted molar refractivity (Wildman–Crippen MR) is 128 cm³/mol. The van der Waals surface area contributed by atoms with E-state index in [-0.39, 0.29) is 5.91 Å². The molecule has 7 nitrogen and oxygen atoms in total. The summed E-state index contributed by atoms with van der Waals surface area (Å²) in [4.78, 5) is 18.7. The van der Waals surface area contributed by atoms with Gasteiger partial charge in [0.2, 0.25) is 0 Å². The highest BCUT2D eigenvalue weighted by Gasteiger charge is 2.36. The van der Waals surface area contributed by atoms with Gasteiger partial charge in [0.05, 0.1) is 34.8 Å². The predicted octanol–water partition coefficient (Wildman–Crippen LogP) is 4.04. The molecular formula is C27H25N5O2. The number of nitrogens with one attached hydrogen (secondary N) is 2. The summed E-state index contributed by atoms with van der Waals surface area (Å²) in [6, 6.07) is 15.1. The second-order valence-corrected chi connectivity index (χ2v) is 9.38. The molecule has 1 amide bonds. The van der Waals surface area contributed by atoms with Crippen LogP contribution < -0.4 is 0 Å². The molecule has 0 radical (unpaired) electrons. The van der Waals surface area contributed by atoms with Crippen LogP contribution in [0.1, 0.15) is 51.9 Å². The molecule has 1 aliphatic heterocycles. The Hall–Kier alpha value is -3.89. The van der Waals surface area contributed by atoms with Crippen molar-refractivity contribution in [1.82, 2.24) is 20.1 Å². The van der Waals surface area contributed by atoms with E-state index in [1.807, 2.05) is 35.4 Å². The lowest BCUT2D eigenvalue weighted by Crippen LogP contribution is -2.45. The smallest absolute Gasteiger partial charge is 0.253 e. The van der Waals surface area contributed by atoms with Crippen LogP contribution in [0.15, 0.2) is 48.7 Å². The zero-order valence-electron chi connectivity index (χ0n) is 18.8. The van der Waals surface area contributed by atoms with Crippen molar-refractivity contribution >= 4 is 16.8 Å². The van der Waals surface area contributed by atoms with E-state index in [0.717, 1.165) is 47.1 Å². The molecule has 1 fully saturated rings. The highest BCUT2D eigenvalue weighted by Crippen LogP contribution is 2.37. The number of aromatic amines is 2. The van der Waals surface area contributed by atoms with E-state index in [4.69, 9.17) is 0 Å². The molecule has 2 aromatic heterocycles. The lowest BCUT2D eigenvalue weighted by molar-refractivity contribution is -0.0211. The average Bonchev–Trinajstić information content (AvgIpc) is 3.44. The maximum Gasteiger partial charge on any atom is 0.253 e. The number of amides is 1. The van der Waals surface area contributed by atoms with E-state index in [9.17, 15) is 15.2 Å². The first-order valence-corrected chi connectivity index (χ1v) is 11.8. The van der Waals surface area contributed by atoms with Gasteiger partial charge in [-0.3, -0.25) is 9.89 Å². The number of fused-ring (bicyclic) bond motifs is 5. The van der Waals surface area contributed by atoms with Crippen LogP contribution in [0.2, 0.25) is 0 Å². The SMILES string of the molecule is N#Cc1cccc(C2(O)CCN(C(=O)c3ccc4[nH]c5c(c4c3)CCCc3cn[nH]c3-5)CC2)c1. The van der Waals surface area contributed by atoms with Gasteiger partial charge in [-0.25, -0.2) is 0 Å². The Morgan fingerprint density at radius 3 is 2.79 bits per heavy atom. The monoisotopic (exact) mass is 451 g/mol. The molecular weight excluding hydrogens is 426 g/mol. The summed E-state index contributed by atoms with van der Waals surface area (Å²) < 4.78 is 0. The Morgan fingerprint density at radius 1 is 1.12 bits per heavy atom. The molecule has 0 atom stereocenters. The molecule has 3 N–H and O–H groups in total. The van der Waals surface area contributed by atoms with E-state index in [2.05, 4.69) is 21.3 Å². The van der Waals surface area contributed by atoms with Gasteiger partial charge in [0.25, 0.3) is 5.91 Å². The van der Waals surface area contributed by atoms with Crippen LogP contribution in [0, 0.1) is 11.3 Å². The van der Waals surface area contributed by atoms with Crippen LogP contribution in [0.3, 0.4) is 0 Å². The number of hydrogen-bond acceptors (Lipinski definition) is 4. The molecule has 2 aliphatic rings. The standard InChI is InChI=1S/C27H25N5O2/c28-15-17-3-1-5-20(13-17)27(34)9-11-32(12-10-27)26(33)18-7-8-23-22(14-18)21-6-2-4-19-16-29-31-24(19)25(21)30-23/h1,3,5,7-8,13-14,16,30,34H,2,4,6,9-12H2,(H,29,31). The molecule has 170 valence electrons. The van der Waals surface area contributed by atoms with Gasteiger partial charge in [0.1, 0.15) is 0 Å². The Bertz CT molecular complexity index is 1450. The average molecular weight is 452 g/mol. The van der Waals surface area contributed by atoms with Crippen molar-refractivity contribution in [1.29, 1.82) is 5.26 Å². The number of likely N-dealkylation sites (tertiary alicyclic amines) is 1. The number of aryl methyl sites for hydroxylation is 2. The van der Waals surface area contributed by atoms with Gasteiger partial charge in [-0.15, -0.1) is 0 Å². The van der Waals surface area contributed by atoms with E-state index >= 15 is 0 Å². The lowest BCUT2D eigenvalue weighted by Gasteiger charge is -2.38. The number of benzene rings is 2. The number of nitriles is 1. The largest absolute Gasteiger partial charge is 0.385 e. The Balaban J connectivity index is 1.25. The fourth-order valence-corrected chi connectivity index (χ4v) is 5.46. The molecule has 0 bridgehead atoms. The van der Waals surface area contributed by atoms with E-state index < -0.39 is 5.60 Å². The second-order valence-electron chi connectivity index (χ2n) is 9.38. The van der Waals surface area contributed by atoms with Gasteiger partial charge in [0.15, 0.2) is 0 Å². The van der Waals surface area contributed by atoms with E-state index in [1.54, 1.807) is 18.2 Å². The number of carbonyl (C=O) groups excluding carboxylic acids is 1. The van der Waals surface area contributed by atoms with Crippen molar-refractivity contribution in [2.45, 2.75) is 37.7 Å². The zero-order valence-corrected chi connectivity index (χ0v) is 18.8. The van der Waals surface area contributed by atoms with Crippen LogP contribution in [-0.4, -0.2) is 44.2 Å². The molecule has 1 saturated heterocycles. The summed E-state index contributed by atoms with van der Waals surface area (Å²) in [7, 11) is 0.